The van der Waals surface area contributed by atoms with E-state index in [1.165, 1.54) is 17.3 Å². The number of carbonyl (C=O) groups is 1. The molecule has 0 atom stereocenters. The Bertz CT molecular complexity index is 950. The minimum absolute atomic E-state index is 0.0662. The van der Waals surface area contributed by atoms with Crippen LogP contribution in [0.4, 0.5) is 5.69 Å². The molecule has 0 radical (unpaired) electrons. The van der Waals surface area contributed by atoms with E-state index in [9.17, 15) is 4.79 Å². The molecule has 0 saturated carbocycles. The van der Waals surface area contributed by atoms with Crippen LogP contribution in [0.1, 0.15) is 32.4 Å². The van der Waals surface area contributed by atoms with Crippen LogP contribution in [-0.2, 0) is 11.2 Å². The van der Waals surface area contributed by atoms with Gasteiger partial charge in [-0.2, -0.15) is 0 Å². The van der Waals surface area contributed by atoms with Crippen LogP contribution in [0, 0.1) is 0 Å². The van der Waals surface area contributed by atoms with E-state index in [-0.39, 0.29) is 17.7 Å². The summed E-state index contributed by atoms with van der Waals surface area (Å²) in [6.45, 7) is 6.26. The number of thioether (sulfide) groups is 1. The molecule has 1 aromatic heterocycles. The Morgan fingerprint density at radius 3 is 2.38 bits per heavy atom. The molecule has 3 aromatic rings. The maximum Gasteiger partial charge on any atom is 0.234 e. The summed E-state index contributed by atoms with van der Waals surface area (Å²) in [5.41, 5.74) is 3.00. The maximum absolute atomic E-state index is 12.4. The SMILES string of the molecule is CCc1ccc(NC(=O)CSc2nnc(-c3ccc(OC)cc3)n2C(C)C)cc1. The molecule has 7 heteroatoms. The van der Waals surface area contributed by atoms with E-state index >= 15 is 0 Å². The summed E-state index contributed by atoms with van der Waals surface area (Å²) in [7, 11) is 1.64. The van der Waals surface area contributed by atoms with Crippen LogP contribution >= 0.6 is 11.8 Å². The fourth-order valence-electron chi connectivity index (χ4n) is 2.93. The molecule has 1 N–H and O–H groups in total. The molecule has 1 amide bonds. The van der Waals surface area contributed by atoms with E-state index in [1.54, 1.807) is 7.11 Å². The van der Waals surface area contributed by atoms with Gasteiger partial charge in [-0.05, 0) is 62.2 Å². The van der Waals surface area contributed by atoms with Gasteiger partial charge in [-0.25, -0.2) is 0 Å². The highest BCUT2D eigenvalue weighted by Gasteiger charge is 2.18. The highest BCUT2D eigenvalue weighted by molar-refractivity contribution is 7.99. The minimum atomic E-state index is -0.0662. The Hall–Kier alpha value is -2.80. The average Bonchev–Trinajstić information content (AvgIpc) is 3.17. The molecule has 0 aliphatic heterocycles. The molecule has 0 spiro atoms. The van der Waals surface area contributed by atoms with Gasteiger partial charge in [0, 0.05) is 17.3 Å². The quantitative estimate of drug-likeness (QED) is 0.539. The predicted octanol–water partition coefficient (Wildman–Crippen LogP) is 4.83. The number of aromatic nitrogens is 3. The molecule has 1 heterocycles. The number of amides is 1. The van der Waals surface area contributed by atoms with Crippen molar-refractivity contribution in [3.63, 3.8) is 0 Å². The number of hydrogen-bond acceptors (Lipinski definition) is 5. The van der Waals surface area contributed by atoms with Gasteiger partial charge in [0.05, 0.1) is 12.9 Å². The summed E-state index contributed by atoms with van der Waals surface area (Å²) in [5, 5.41) is 12.3. The Balaban J connectivity index is 1.70. The lowest BCUT2D eigenvalue weighted by Crippen LogP contribution is -2.15. The normalized spacial score (nSPS) is 10.9. The lowest BCUT2D eigenvalue weighted by molar-refractivity contribution is -0.113. The molecule has 0 fully saturated rings. The number of benzene rings is 2. The molecule has 152 valence electrons. The van der Waals surface area contributed by atoms with Crippen molar-refractivity contribution in [2.45, 2.75) is 38.4 Å². The number of aryl methyl sites for hydroxylation is 1. The van der Waals surface area contributed by atoms with E-state index in [4.69, 9.17) is 4.74 Å². The van der Waals surface area contributed by atoms with Crippen LogP contribution in [0.25, 0.3) is 11.4 Å². The number of anilines is 1. The van der Waals surface area contributed by atoms with E-state index < -0.39 is 0 Å². The number of hydrogen-bond donors (Lipinski definition) is 1. The fraction of sp³-hybridized carbons (Fsp3) is 0.318. The first-order valence-corrected chi connectivity index (χ1v) is 10.6. The highest BCUT2D eigenvalue weighted by atomic mass is 32.2. The lowest BCUT2D eigenvalue weighted by atomic mass is 10.1. The summed E-state index contributed by atoms with van der Waals surface area (Å²) in [6, 6.07) is 15.8. The second-order valence-corrected chi connectivity index (χ2v) is 7.83. The van der Waals surface area contributed by atoms with Crippen molar-refractivity contribution in [3.05, 3.63) is 54.1 Å². The van der Waals surface area contributed by atoms with Gasteiger partial charge in [-0.3, -0.25) is 9.36 Å². The number of carbonyl (C=O) groups excluding carboxylic acids is 1. The average molecular weight is 411 g/mol. The molecule has 0 unspecified atom stereocenters. The van der Waals surface area contributed by atoms with Gasteiger partial charge in [0.2, 0.25) is 5.91 Å². The topological polar surface area (TPSA) is 69.0 Å². The Morgan fingerprint density at radius 1 is 1.10 bits per heavy atom. The van der Waals surface area contributed by atoms with Gasteiger partial charge in [0.25, 0.3) is 0 Å². The van der Waals surface area contributed by atoms with Gasteiger partial charge in [-0.15, -0.1) is 10.2 Å². The molecule has 0 aliphatic rings. The third kappa shape index (κ3) is 5.17. The van der Waals surface area contributed by atoms with Crippen LogP contribution < -0.4 is 10.1 Å². The minimum Gasteiger partial charge on any atom is -0.497 e. The summed E-state index contributed by atoms with van der Waals surface area (Å²) in [4.78, 5) is 12.4. The van der Waals surface area contributed by atoms with Gasteiger partial charge in [0.15, 0.2) is 11.0 Å². The largest absolute Gasteiger partial charge is 0.497 e. The van der Waals surface area contributed by atoms with Crippen molar-refractivity contribution in [3.8, 4) is 17.1 Å². The molecule has 3 rings (SSSR count). The zero-order valence-corrected chi connectivity index (χ0v) is 18.0. The first-order chi connectivity index (χ1) is 14.0. The summed E-state index contributed by atoms with van der Waals surface area (Å²) in [5.74, 6) is 1.77. The second-order valence-electron chi connectivity index (χ2n) is 6.89. The third-order valence-corrected chi connectivity index (χ3v) is 5.45. The van der Waals surface area contributed by atoms with E-state index in [1.807, 2.05) is 48.5 Å². The van der Waals surface area contributed by atoms with Gasteiger partial charge >= 0.3 is 0 Å². The lowest BCUT2D eigenvalue weighted by Gasteiger charge is -2.14. The van der Waals surface area contributed by atoms with Crippen LogP contribution in [0.5, 0.6) is 5.75 Å². The second kappa shape index (κ2) is 9.60. The van der Waals surface area contributed by atoms with Crippen molar-refractivity contribution in [1.29, 1.82) is 0 Å². The summed E-state index contributed by atoms with van der Waals surface area (Å²) < 4.78 is 7.27. The number of nitrogens with zero attached hydrogens (tertiary/aromatic N) is 3. The smallest absolute Gasteiger partial charge is 0.234 e. The monoisotopic (exact) mass is 410 g/mol. The van der Waals surface area contributed by atoms with E-state index in [2.05, 4.69) is 40.9 Å². The molecule has 0 bridgehead atoms. The van der Waals surface area contributed by atoms with Gasteiger partial charge < -0.3 is 10.1 Å². The Morgan fingerprint density at radius 2 is 1.79 bits per heavy atom. The zero-order chi connectivity index (χ0) is 20.8. The number of methoxy groups -OCH3 is 1. The molecule has 0 saturated heterocycles. The number of rotatable bonds is 8. The molecule has 0 aliphatic carbocycles. The Kier molecular flexibility index (Phi) is 6.93. The zero-order valence-electron chi connectivity index (χ0n) is 17.2. The van der Waals surface area contributed by atoms with Crippen LogP contribution in [0.2, 0.25) is 0 Å². The predicted molar refractivity (Wildman–Crippen MR) is 118 cm³/mol. The van der Waals surface area contributed by atoms with Crippen molar-refractivity contribution in [2.24, 2.45) is 0 Å². The van der Waals surface area contributed by atoms with Crippen LogP contribution in [0.3, 0.4) is 0 Å². The standard InChI is InChI=1S/C22H26N4O2S/c1-5-16-6-10-18(11-7-16)23-20(27)14-29-22-25-24-21(26(22)15(2)3)17-8-12-19(28-4)13-9-17/h6-13,15H,5,14H2,1-4H3,(H,23,27). The van der Waals surface area contributed by atoms with Crippen molar-refractivity contribution in [1.82, 2.24) is 14.8 Å². The molecular formula is C22H26N4O2S. The Labute approximate surface area is 175 Å². The summed E-state index contributed by atoms with van der Waals surface area (Å²) in [6.07, 6.45) is 0.978. The van der Waals surface area contributed by atoms with Crippen LogP contribution in [-0.4, -0.2) is 33.5 Å². The molecular weight excluding hydrogens is 384 g/mol. The summed E-state index contributed by atoms with van der Waals surface area (Å²) >= 11 is 1.39. The van der Waals surface area contributed by atoms with Crippen molar-refractivity contribution < 1.29 is 9.53 Å². The van der Waals surface area contributed by atoms with Crippen molar-refractivity contribution >= 4 is 23.4 Å². The molecule has 2 aromatic carbocycles. The van der Waals surface area contributed by atoms with E-state index in [0.29, 0.717) is 0 Å². The van der Waals surface area contributed by atoms with Gasteiger partial charge in [0.1, 0.15) is 5.75 Å². The van der Waals surface area contributed by atoms with Crippen molar-refractivity contribution in [2.75, 3.05) is 18.2 Å². The first kappa shape index (κ1) is 20.9. The van der Waals surface area contributed by atoms with E-state index in [0.717, 1.165) is 34.4 Å². The fourth-order valence-corrected chi connectivity index (χ4v) is 3.80. The highest BCUT2D eigenvalue weighted by Crippen LogP contribution is 2.28. The van der Waals surface area contributed by atoms with Crippen LogP contribution in [0.15, 0.2) is 53.7 Å². The molecule has 29 heavy (non-hydrogen) atoms. The third-order valence-electron chi connectivity index (χ3n) is 4.51. The van der Waals surface area contributed by atoms with Gasteiger partial charge in [-0.1, -0.05) is 30.8 Å². The first-order valence-electron chi connectivity index (χ1n) is 9.62. The number of nitrogens with one attached hydrogen (secondary N) is 1. The molecule has 6 nitrogen and oxygen atoms in total. The maximum atomic E-state index is 12.4. The number of ether oxygens (including phenoxy) is 1.